The van der Waals surface area contributed by atoms with Gasteiger partial charge < -0.3 is 15.2 Å². The Kier molecular flexibility index (Phi) is 5.30. The van der Waals surface area contributed by atoms with Gasteiger partial charge in [0.15, 0.2) is 0 Å². The number of hydrogen-bond acceptors (Lipinski definition) is 3. The molecule has 0 spiro atoms. The molecule has 1 aromatic carbocycles. The van der Waals surface area contributed by atoms with Crippen LogP contribution >= 0.6 is 0 Å². The van der Waals surface area contributed by atoms with Crippen molar-refractivity contribution in [2.75, 3.05) is 33.2 Å². The number of amides is 1. The molecule has 5 heteroatoms. The fraction of sp³-hybridized carbons (Fsp3) is 0.522. The van der Waals surface area contributed by atoms with Gasteiger partial charge in [0, 0.05) is 49.3 Å². The van der Waals surface area contributed by atoms with Crippen molar-refractivity contribution in [3.8, 4) is 0 Å². The van der Waals surface area contributed by atoms with Gasteiger partial charge in [-0.05, 0) is 63.0 Å². The number of nitrogens with zero attached hydrogens (tertiary/aromatic N) is 3. The van der Waals surface area contributed by atoms with Gasteiger partial charge in [-0.3, -0.25) is 9.69 Å². The Morgan fingerprint density at radius 1 is 1.29 bits per heavy atom. The summed E-state index contributed by atoms with van der Waals surface area (Å²) in [7, 11) is 2.16. The van der Waals surface area contributed by atoms with E-state index in [1.165, 1.54) is 27.6 Å². The first kappa shape index (κ1) is 19.2. The van der Waals surface area contributed by atoms with Gasteiger partial charge in [0.2, 0.25) is 5.91 Å². The number of fused-ring (bicyclic) bond motifs is 2. The van der Waals surface area contributed by atoms with Crippen molar-refractivity contribution in [2.45, 2.75) is 39.3 Å². The number of benzene rings is 1. The van der Waals surface area contributed by atoms with E-state index in [0.29, 0.717) is 12.6 Å². The molecule has 1 aliphatic carbocycles. The van der Waals surface area contributed by atoms with Crippen LogP contribution in [0.1, 0.15) is 31.4 Å². The molecule has 2 aromatic rings. The molecule has 0 radical (unpaired) electrons. The summed E-state index contributed by atoms with van der Waals surface area (Å²) in [5, 5.41) is 1.37. The SMILES string of the molecule is CCN(CC)C(=O)[C@@H]1C=C2c3cccc4c3c(cn4CCCN)C[C@H]2N(C)C1. The Hall–Kier alpha value is -2.11. The normalized spacial score (nSPS) is 21.5. The van der Waals surface area contributed by atoms with Crippen LogP contribution in [0.5, 0.6) is 0 Å². The Bertz CT molecular complexity index is 909. The number of carbonyl (C=O) groups is 1. The van der Waals surface area contributed by atoms with E-state index in [4.69, 9.17) is 5.73 Å². The number of nitrogens with two attached hydrogens (primary N) is 1. The summed E-state index contributed by atoms with van der Waals surface area (Å²) >= 11 is 0. The van der Waals surface area contributed by atoms with Crippen molar-refractivity contribution in [1.82, 2.24) is 14.4 Å². The van der Waals surface area contributed by atoms with E-state index < -0.39 is 0 Å². The summed E-state index contributed by atoms with van der Waals surface area (Å²) in [5.74, 6) is 0.188. The lowest BCUT2D eigenvalue weighted by Crippen LogP contribution is -2.47. The zero-order valence-electron chi connectivity index (χ0n) is 17.3. The smallest absolute Gasteiger partial charge is 0.230 e. The highest BCUT2D eigenvalue weighted by molar-refractivity contribution is 5.99. The number of aromatic nitrogens is 1. The third kappa shape index (κ3) is 3.07. The van der Waals surface area contributed by atoms with Crippen LogP contribution in [0.4, 0.5) is 0 Å². The fourth-order valence-corrected chi connectivity index (χ4v) is 5.00. The number of rotatable bonds is 6. The molecule has 0 saturated carbocycles. The number of aryl methyl sites for hydroxylation is 1. The summed E-state index contributed by atoms with van der Waals surface area (Å²) in [6, 6.07) is 6.95. The van der Waals surface area contributed by atoms with Crippen molar-refractivity contribution in [3.05, 3.63) is 41.6 Å². The van der Waals surface area contributed by atoms with Gasteiger partial charge in [-0.15, -0.1) is 0 Å². The second-order valence-electron chi connectivity index (χ2n) is 8.09. The van der Waals surface area contributed by atoms with Crippen LogP contribution in [0.15, 0.2) is 30.5 Å². The standard InChI is InChI=1S/C23H32N4O/c1-4-26(5-2)23(28)17-12-19-18-8-6-9-20-22(18)16(13-21(19)25(3)14-17)15-27(20)11-7-10-24/h6,8-9,12,15,17,21H,4-5,7,10-11,13-14,24H2,1-3H3/t17-,21-/m1/s1. The minimum Gasteiger partial charge on any atom is -0.347 e. The van der Waals surface area contributed by atoms with E-state index in [-0.39, 0.29) is 11.8 Å². The van der Waals surface area contributed by atoms with Crippen LogP contribution in [0.3, 0.4) is 0 Å². The maximum absolute atomic E-state index is 13.0. The maximum atomic E-state index is 13.0. The third-order valence-electron chi connectivity index (χ3n) is 6.46. The van der Waals surface area contributed by atoms with Crippen molar-refractivity contribution >= 4 is 22.4 Å². The summed E-state index contributed by atoms with van der Waals surface area (Å²) in [6.07, 6.45) is 6.58. The molecule has 5 nitrogen and oxygen atoms in total. The highest BCUT2D eigenvalue weighted by atomic mass is 16.2. The van der Waals surface area contributed by atoms with Crippen molar-refractivity contribution in [2.24, 2.45) is 11.7 Å². The second-order valence-corrected chi connectivity index (χ2v) is 8.09. The van der Waals surface area contributed by atoms with E-state index >= 15 is 0 Å². The molecule has 0 bridgehead atoms. The van der Waals surface area contributed by atoms with Gasteiger partial charge in [0.1, 0.15) is 0 Å². The zero-order chi connectivity index (χ0) is 19.8. The first-order valence-corrected chi connectivity index (χ1v) is 10.6. The number of hydrogen-bond donors (Lipinski definition) is 1. The maximum Gasteiger partial charge on any atom is 0.230 e. The third-order valence-corrected chi connectivity index (χ3v) is 6.46. The number of likely N-dealkylation sites (N-methyl/N-ethyl adjacent to an activating group) is 1. The Labute approximate surface area is 167 Å². The molecule has 150 valence electrons. The van der Waals surface area contributed by atoms with Gasteiger partial charge in [0.05, 0.1) is 5.92 Å². The van der Waals surface area contributed by atoms with Crippen LogP contribution in [0.2, 0.25) is 0 Å². The topological polar surface area (TPSA) is 54.5 Å². The molecule has 2 heterocycles. The first-order valence-electron chi connectivity index (χ1n) is 10.6. The van der Waals surface area contributed by atoms with E-state index in [9.17, 15) is 4.79 Å². The van der Waals surface area contributed by atoms with E-state index in [0.717, 1.165) is 39.0 Å². The minimum absolute atomic E-state index is 0.0627. The summed E-state index contributed by atoms with van der Waals surface area (Å²) in [6.45, 7) is 8.11. The van der Waals surface area contributed by atoms with Gasteiger partial charge >= 0.3 is 0 Å². The Morgan fingerprint density at radius 2 is 2.07 bits per heavy atom. The summed E-state index contributed by atoms with van der Waals surface area (Å²) in [4.78, 5) is 17.4. The van der Waals surface area contributed by atoms with Crippen LogP contribution in [-0.2, 0) is 17.8 Å². The Morgan fingerprint density at radius 3 is 2.79 bits per heavy atom. The fourth-order valence-electron chi connectivity index (χ4n) is 5.00. The van der Waals surface area contributed by atoms with Gasteiger partial charge in [0.25, 0.3) is 0 Å². The molecule has 2 N–H and O–H groups in total. The van der Waals surface area contributed by atoms with Gasteiger partial charge in [-0.1, -0.05) is 18.2 Å². The lowest BCUT2D eigenvalue weighted by atomic mass is 9.79. The second kappa shape index (κ2) is 7.72. The van der Waals surface area contributed by atoms with Gasteiger partial charge in [-0.2, -0.15) is 0 Å². The molecule has 0 fully saturated rings. The zero-order valence-corrected chi connectivity index (χ0v) is 17.3. The molecule has 0 unspecified atom stereocenters. The predicted octanol–water partition coefficient (Wildman–Crippen LogP) is 2.73. The molecule has 1 amide bonds. The van der Waals surface area contributed by atoms with E-state index in [2.05, 4.69) is 60.8 Å². The molecule has 0 saturated heterocycles. The molecule has 2 atom stereocenters. The van der Waals surface area contributed by atoms with Gasteiger partial charge in [-0.25, -0.2) is 0 Å². The first-order chi connectivity index (χ1) is 13.6. The summed E-state index contributed by atoms with van der Waals surface area (Å²) in [5.41, 5.74) is 11.1. The number of carbonyl (C=O) groups excluding carboxylic acids is 1. The highest BCUT2D eigenvalue weighted by Gasteiger charge is 2.36. The van der Waals surface area contributed by atoms with Crippen LogP contribution < -0.4 is 5.73 Å². The monoisotopic (exact) mass is 380 g/mol. The molecule has 2 aliphatic rings. The molecule has 1 aromatic heterocycles. The molecular formula is C23H32N4O. The molecule has 28 heavy (non-hydrogen) atoms. The molecule has 1 aliphatic heterocycles. The molecular weight excluding hydrogens is 348 g/mol. The largest absolute Gasteiger partial charge is 0.347 e. The lowest BCUT2D eigenvalue weighted by Gasteiger charge is -2.40. The average molecular weight is 381 g/mol. The lowest BCUT2D eigenvalue weighted by molar-refractivity contribution is -0.134. The summed E-state index contributed by atoms with van der Waals surface area (Å²) < 4.78 is 2.36. The van der Waals surface area contributed by atoms with Crippen LogP contribution in [0.25, 0.3) is 16.5 Å². The predicted molar refractivity (Wildman–Crippen MR) is 115 cm³/mol. The molecule has 4 rings (SSSR count). The van der Waals surface area contributed by atoms with Crippen molar-refractivity contribution < 1.29 is 4.79 Å². The van der Waals surface area contributed by atoms with E-state index in [1.54, 1.807) is 0 Å². The van der Waals surface area contributed by atoms with Crippen LogP contribution in [-0.4, -0.2) is 59.5 Å². The highest BCUT2D eigenvalue weighted by Crippen LogP contribution is 2.41. The average Bonchev–Trinajstić information content (AvgIpc) is 3.06. The van der Waals surface area contributed by atoms with Crippen molar-refractivity contribution in [3.63, 3.8) is 0 Å². The quantitative estimate of drug-likeness (QED) is 0.838. The van der Waals surface area contributed by atoms with Crippen molar-refractivity contribution in [1.29, 1.82) is 0 Å². The van der Waals surface area contributed by atoms with Crippen LogP contribution in [0, 0.1) is 5.92 Å². The Balaban J connectivity index is 1.78. The minimum atomic E-state index is -0.0627. The van der Waals surface area contributed by atoms with E-state index in [1.807, 2.05) is 4.90 Å².